The molecule has 0 aliphatic heterocycles. The van der Waals surface area contributed by atoms with Crippen molar-refractivity contribution in [1.29, 1.82) is 0 Å². The van der Waals surface area contributed by atoms with Crippen LogP contribution in [0.15, 0.2) is 36.5 Å². The molecule has 0 unspecified atom stereocenters. The second kappa shape index (κ2) is 5.19. The molecular weight excluding hydrogens is 212 g/mol. The fraction of sp³-hybridized carbons (Fsp3) is 0.600. The average Bonchev–Trinajstić information content (AvgIpc) is 2.83. The minimum Gasteiger partial charge on any atom is -0.371 e. The Balaban J connectivity index is 1.94. The van der Waals surface area contributed by atoms with Gasteiger partial charge in [-0.2, -0.15) is 0 Å². The molecule has 0 aromatic rings. The first-order valence-electron chi connectivity index (χ1n) is 6.28. The van der Waals surface area contributed by atoms with Gasteiger partial charge in [0.25, 0.3) is 0 Å². The van der Waals surface area contributed by atoms with Gasteiger partial charge in [-0.25, -0.2) is 0 Å². The summed E-state index contributed by atoms with van der Waals surface area (Å²) in [6.07, 6.45) is 6.10. The lowest BCUT2D eigenvalue weighted by molar-refractivity contribution is -0.0657. The summed E-state index contributed by atoms with van der Waals surface area (Å²) in [5, 5.41) is 0. The highest BCUT2D eigenvalue weighted by atomic mass is 16.5. The summed E-state index contributed by atoms with van der Waals surface area (Å²) in [6.45, 7) is 13.0. The first-order chi connectivity index (χ1) is 8.08. The van der Waals surface area contributed by atoms with Crippen LogP contribution >= 0.6 is 0 Å². The summed E-state index contributed by atoms with van der Waals surface area (Å²) < 4.78 is 11.9. The third-order valence-corrected chi connectivity index (χ3v) is 3.36. The van der Waals surface area contributed by atoms with Crippen molar-refractivity contribution in [3.05, 3.63) is 36.5 Å². The van der Waals surface area contributed by atoms with E-state index in [2.05, 4.69) is 25.3 Å². The van der Waals surface area contributed by atoms with Gasteiger partial charge in [0.05, 0.1) is 25.4 Å². The van der Waals surface area contributed by atoms with Crippen molar-refractivity contribution in [2.24, 2.45) is 11.8 Å². The van der Waals surface area contributed by atoms with E-state index in [1.165, 1.54) is 6.42 Å². The summed E-state index contributed by atoms with van der Waals surface area (Å²) in [6, 6.07) is 0. The van der Waals surface area contributed by atoms with Crippen LogP contribution in [0, 0.1) is 11.8 Å². The zero-order chi connectivity index (χ0) is 12.4. The van der Waals surface area contributed by atoms with E-state index in [0.717, 1.165) is 11.1 Å². The first-order valence-corrected chi connectivity index (χ1v) is 6.28. The van der Waals surface area contributed by atoms with Crippen LogP contribution in [-0.2, 0) is 9.47 Å². The highest BCUT2D eigenvalue weighted by Gasteiger charge is 2.46. The number of fused-ring (bicyclic) bond motifs is 2. The second-order valence-corrected chi connectivity index (χ2v) is 5.41. The van der Waals surface area contributed by atoms with Crippen molar-refractivity contribution < 1.29 is 9.47 Å². The van der Waals surface area contributed by atoms with Crippen LogP contribution in [0.4, 0.5) is 0 Å². The van der Waals surface area contributed by atoms with E-state index in [0.29, 0.717) is 25.0 Å². The van der Waals surface area contributed by atoms with Crippen LogP contribution in [0.1, 0.15) is 20.3 Å². The molecule has 2 nitrogen and oxygen atoms in total. The third kappa shape index (κ3) is 2.88. The van der Waals surface area contributed by atoms with E-state index in [4.69, 9.17) is 9.47 Å². The standard InChI is InChI=1S/C15H22O2/c1-10(2)8-16-14-12-5-6-13(7-12)15(14)17-9-11(3)4/h5-6,12-15H,1,3,7-9H2,2,4H3/t12-,13+,14-,15+. The Kier molecular flexibility index (Phi) is 3.85. The summed E-state index contributed by atoms with van der Waals surface area (Å²) in [5.74, 6) is 1.05. The summed E-state index contributed by atoms with van der Waals surface area (Å²) >= 11 is 0. The first kappa shape index (κ1) is 12.6. The fourth-order valence-corrected chi connectivity index (χ4v) is 2.65. The molecule has 0 spiro atoms. The van der Waals surface area contributed by atoms with E-state index >= 15 is 0 Å². The van der Waals surface area contributed by atoms with Crippen molar-refractivity contribution in [2.45, 2.75) is 32.5 Å². The number of hydrogen-bond acceptors (Lipinski definition) is 2. The van der Waals surface area contributed by atoms with Crippen LogP contribution in [0.5, 0.6) is 0 Å². The molecule has 2 bridgehead atoms. The molecule has 0 N–H and O–H groups in total. The van der Waals surface area contributed by atoms with Crippen LogP contribution in [-0.4, -0.2) is 25.4 Å². The van der Waals surface area contributed by atoms with E-state index in [9.17, 15) is 0 Å². The Hall–Kier alpha value is -0.860. The summed E-state index contributed by atoms with van der Waals surface area (Å²) in [7, 11) is 0. The highest BCUT2D eigenvalue weighted by Crippen LogP contribution is 2.42. The molecule has 1 saturated carbocycles. The van der Waals surface area contributed by atoms with Gasteiger partial charge in [-0.05, 0) is 20.3 Å². The van der Waals surface area contributed by atoms with E-state index < -0.39 is 0 Å². The van der Waals surface area contributed by atoms with Gasteiger partial charge < -0.3 is 9.47 Å². The summed E-state index contributed by atoms with van der Waals surface area (Å²) in [4.78, 5) is 0. The lowest BCUT2D eigenvalue weighted by atomic mass is 10.0. The summed E-state index contributed by atoms with van der Waals surface area (Å²) in [5.41, 5.74) is 2.13. The maximum atomic E-state index is 5.94. The lowest BCUT2D eigenvalue weighted by Crippen LogP contribution is -2.36. The monoisotopic (exact) mass is 234 g/mol. The minimum absolute atomic E-state index is 0.195. The van der Waals surface area contributed by atoms with Crippen molar-refractivity contribution in [1.82, 2.24) is 0 Å². The average molecular weight is 234 g/mol. The van der Waals surface area contributed by atoms with Crippen LogP contribution < -0.4 is 0 Å². The molecule has 4 atom stereocenters. The molecule has 2 heteroatoms. The van der Waals surface area contributed by atoms with Gasteiger partial charge in [0.2, 0.25) is 0 Å². The van der Waals surface area contributed by atoms with Gasteiger partial charge >= 0.3 is 0 Å². The van der Waals surface area contributed by atoms with Crippen molar-refractivity contribution in [2.75, 3.05) is 13.2 Å². The second-order valence-electron chi connectivity index (χ2n) is 5.41. The quantitative estimate of drug-likeness (QED) is 0.657. The number of rotatable bonds is 6. The van der Waals surface area contributed by atoms with Crippen LogP contribution in [0.3, 0.4) is 0 Å². The molecule has 17 heavy (non-hydrogen) atoms. The molecule has 0 aromatic heterocycles. The van der Waals surface area contributed by atoms with Crippen molar-refractivity contribution in [3.63, 3.8) is 0 Å². The predicted molar refractivity (Wildman–Crippen MR) is 69.8 cm³/mol. The highest BCUT2D eigenvalue weighted by molar-refractivity contribution is 5.16. The smallest absolute Gasteiger partial charge is 0.0909 e. The fourth-order valence-electron chi connectivity index (χ4n) is 2.65. The topological polar surface area (TPSA) is 18.5 Å². The molecule has 2 aliphatic carbocycles. The van der Waals surface area contributed by atoms with Crippen LogP contribution in [0.2, 0.25) is 0 Å². The van der Waals surface area contributed by atoms with Crippen molar-refractivity contribution >= 4 is 0 Å². The zero-order valence-corrected chi connectivity index (χ0v) is 10.8. The Morgan fingerprint density at radius 2 is 1.41 bits per heavy atom. The molecule has 0 amide bonds. The third-order valence-electron chi connectivity index (χ3n) is 3.36. The maximum absolute atomic E-state index is 5.94. The van der Waals surface area contributed by atoms with Gasteiger partial charge in [-0.15, -0.1) is 0 Å². The van der Waals surface area contributed by atoms with Gasteiger partial charge in [0.15, 0.2) is 0 Å². The van der Waals surface area contributed by atoms with E-state index in [-0.39, 0.29) is 12.2 Å². The van der Waals surface area contributed by atoms with Crippen LogP contribution in [0.25, 0.3) is 0 Å². The molecule has 1 fully saturated rings. The van der Waals surface area contributed by atoms with Gasteiger partial charge in [0, 0.05) is 11.8 Å². The van der Waals surface area contributed by atoms with Gasteiger partial charge in [-0.3, -0.25) is 0 Å². The normalized spacial score (nSPS) is 34.2. The van der Waals surface area contributed by atoms with Gasteiger partial charge in [-0.1, -0.05) is 36.5 Å². The van der Waals surface area contributed by atoms with Gasteiger partial charge in [0.1, 0.15) is 0 Å². The lowest BCUT2D eigenvalue weighted by Gasteiger charge is -2.28. The molecule has 0 radical (unpaired) electrons. The molecular formula is C15H22O2. The molecule has 94 valence electrons. The number of ether oxygens (including phenoxy) is 2. The molecule has 2 aliphatic rings. The minimum atomic E-state index is 0.195. The molecule has 2 rings (SSSR count). The Labute approximate surface area is 104 Å². The largest absolute Gasteiger partial charge is 0.371 e. The molecule has 0 heterocycles. The zero-order valence-electron chi connectivity index (χ0n) is 10.8. The molecule has 0 aromatic carbocycles. The number of hydrogen-bond donors (Lipinski definition) is 0. The Morgan fingerprint density at radius 3 is 1.76 bits per heavy atom. The molecule has 0 saturated heterocycles. The Morgan fingerprint density at radius 1 is 1.00 bits per heavy atom. The SMILES string of the molecule is C=C(C)CO[C@@H]1[C@H](OCC(=C)C)[C@@H]2C=C[C@H]1C2. The predicted octanol–water partition coefficient (Wildman–Crippen LogP) is 3.11. The van der Waals surface area contributed by atoms with E-state index in [1.54, 1.807) is 0 Å². The Bertz CT molecular complexity index is 311. The van der Waals surface area contributed by atoms with E-state index in [1.807, 2.05) is 13.8 Å². The van der Waals surface area contributed by atoms with Crippen molar-refractivity contribution in [3.8, 4) is 0 Å². The maximum Gasteiger partial charge on any atom is 0.0909 e.